The van der Waals surface area contributed by atoms with Gasteiger partial charge in [0.05, 0.1) is 11.4 Å². The average Bonchev–Trinajstić information content (AvgIpc) is 3.15. The Kier molecular flexibility index (Phi) is 5.72. The fourth-order valence-corrected chi connectivity index (χ4v) is 4.35. The molecule has 0 radical (unpaired) electrons. The number of allylic oxidation sites excluding steroid dienone is 1. The lowest BCUT2D eigenvalue weighted by Gasteiger charge is -2.25. The third-order valence-corrected chi connectivity index (χ3v) is 5.79. The molecule has 2 aromatic rings. The molecule has 4 rings (SSSR count). The standard InChI is InChI=1S/C25H29FN2/c1-17(2)15-18-3-5-20(6-4-18)24-16-23(19-11-13-27-14-12-19)25(28-24)21-7-9-22(26)10-8-21/h3-10,17,19,27H,11-16H2,1-2H3. The highest BCUT2D eigenvalue weighted by atomic mass is 19.1. The zero-order valence-electron chi connectivity index (χ0n) is 16.8. The van der Waals surface area contributed by atoms with E-state index >= 15 is 0 Å². The quantitative estimate of drug-likeness (QED) is 0.719. The van der Waals surface area contributed by atoms with Crippen LogP contribution in [-0.2, 0) is 6.42 Å². The van der Waals surface area contributed by atoms with Gasteiger partial charge in [0.25, 0.3) is 0 Å². The van der Waals surface area contributed by atoms with Crippen molar-refractivity contribution in [3.63, 3.8) is 0 Å². The van der Waals surface area contributed by atoms with Crippen molar-refractivity contribution in [2.75, 3.05) is 13.1 Å². The fourth-order valence-electron chi connectivity index (χ4n) is 4.35. The number of rotatable bonds is 5. The van der Waals surface area contributed by atoms with E-state index in [0.29, 0.717) is 11.8 Å². The molecule has 0 atom stereocenters. The van der Waals surface area contributed by atoms with E-state index in [2.05, 4.69) is 43.4 Å². The zero-order chi connectivity index (χ0) is 19.5. The lowest BCUT2D eigenvalue weighted by molar-refractivity contribution is 0.418. The van der Waals surface area contributed by atoms with E-state index in [1.54, 1.807) is 0 Å². The molecule has 0 saturated carbocycles. The van der Waals surface area contributed by atoms with E-state index in [9.17, 15) is 4.39 Å². The van der Waals surface area contributed by atoms with Crippen LogP contribution in [0.2, 0.25) is 0 Å². The first kappa shape index (κ1) is 19.1. The van der Waals surface area contributed by atoms with E-state index in [1.807, 2.05) is 12.1 Å². The fraction of sp³-hybridized carbons (Fsp3) is 0.400. The second-order valence-electron chi connectivity index (χ2n) is 8.44. The molecule has 2 heterocycles. The number of hydrogen-bond acceptors (Lipinski definition) is 2. The van der Waals surface area contributed by atoms with Crippen LogP contribution in [0.15, 0.2) is 59.1 Å². The molecule has 1 saturated heterocycles. The molecule has 0 aliphatic carbocycles. The maximum Gasteiger partial charge on any atom is 0.123 e. The van der Waals surface area contributed by atoms with Crippen molar-refractivity contribution in [3.8, 4) is 0 Å². The SMILES string of the molecule is CC(C)Cc1ccc(C2=NC(c3ccc(F)cc3)=C(C3CCNCC3)C2)cc1. The van der Waals surface area contributed by atoms with Gasteiger partial charge >= 0.3 is 0 Å². The van der Waals surface area contributed by atoms with Crippen molar-refractivity contribution in [3.05, 3.63) is 76.6 Å². The van der Waals surface area contributed by atoms with E-state index in [-0.39, 0.29) is 5.82 Å². The number of nitrogens with one attached hydrogen (secondary N) is 1. The Balaban J connectivity index is 1.64. The van der Waals surface area contributed by atoms with Crippen molar-refractivity contribution in [1.29, 1.82) is 0 Å². The Labute approximate surface area is 167 Å². The van der Waals surface area contributed by atoms with Crippen LogP contribution in [-0.4, -0.2) is 18.8 Å². The first-order chi connectivity index (χ1) is 13.6. The molecule has 2 aliphatic heterocycles. The van der Waals surface area contributed by atoms with E-state index < -0.39 is 0 Å². The van der Waals surface area contributed by atoms with Gasteiger partial charge in [-0.3, -0.25) is 4.99 Å². The van der Waals surface area contributed by atoms with Crippen LogP contribution in [0.1, 0.15) is 49.8 Å². The molecule has 0 bridgehead atoms. The minimum atomic E-state index is -0.198. The Morgan fingerprint density at radius 3 is 2.25 bits per heavy atom. The summed E-state index contributed by atoms with van der Waals surface area (Å²) in [6.45, 7) is 6.62. The molecule has 28 heavy (non-hydrogen) atoms. The lowest BCUT2D eigenvalue weighted by Crippen LogP contribution is -2.28. The van der Waals surface area contributed by atoms with Crippen LogP contribution in [0, 0.1) is 17.7 Å². The number of hydrogen-bond donors (Lipinski definition) is 1. The second kappa shape index (κ2) is 8.40. The summed E-state index contributed by atoms with van der Waals surface area (Å²) in [5.41, 5.74) is 7.24. The van der Waals surface area contributed by atoms with Gasteiger partial charge in [-0.15, -0.1) is 0 Å². The largest absolute Gasteiger partial charge is 0.317 e. The molecule has 0 amide bonds. The molecule has 1 fully saturated rings. The Hall–Kier alpha value is -2.26. The molecule has 1 N–H and O–H groups in total. The predicted molar refractivity (Wildman–Crippen MR) is 115 cm³/mol. The second-order valence-corrected chi connectivity index (χ2v) is 8.44. The average molecular weight is 377 g/mol. The summed E-state index contributed by atoms with van der Waals surface area (Å²) in [6, 6.07) is 15.7. The molecule has 3 heteroatoms. The molecule has 2 aromatic carbocycles. The van der Waals surface area contributed by atoms with Crippen LogP contribution < -0.4 is 5.32 Å². The van der Waals surface area contributed by atoms with Crippen LogP contribution in [0.25, 0.3) is 5.70 Å². The van der Waals surface area contributed by atoms with Crippen LogP contribution in [0.5, 0.6) is 0 Å². The van der Waals surface area contributed by atoms with Gasteiger partial charge in [0.15, 0.2) is 0 Å². The number of halogens is 1. The Bertz CT molecular complexity index is 870. The number of benzene rings is 2. The van der Waals surface area contributed by atoms with Gasteiger partial charge in [-0.25, -0.2) is 4.39 Å². The molecule has 2 nitrogen and oxygen atoms in total. The summed E-state index contributed by atoms with van der Waals surface area (Å²) in [6.07, 6.45) is 4.30. The summed E-state index contributed by atoms with van der Waals surface area (Å²) in [5, 5.41) is 3.46. The van der Waals surface area contributed by atoms with Gasteiger partial charge in [0.1, 0.15) is 5.82 Å². The van der Waals surface area contributed by atoms with Gasteiger partial charge < -0.3 is 5.32 Å². The van der Waals surface area contributed by atoms with Gasteiger partial charge in [-0.2, -0.15) is 0 Å². The summed E-state index contributed by atoms with van der Waals surface area (Å²) < 4.78 is 13.4. The van der Waals surface area contributed by atoms with Gasteiger partial charge in [0.2, 0.25) is 0 Å². The summed E-state index contributed by atoms with van der Waals surface area (Å²) >= 11 is 0. The molecule has 146 valence electrons. The van der Waals surface area contributed by atoms with E-state index in [1.165, 1.54) is 28.8 Å². The van der Waals surface area contributed by atoms with E-state index in [0.717, 1.165) is 55.7 Å². The number of aliphatic imine (C=N–C) groups is 1. The van der Waals surface area contributed by atoms with Crippen LogP contribution in [0.4, 0.5) is 4.39 Å². The normalized spacial score (nSPS) is 18.1. The highest BCUT2D eigenvalue weighted by Gasteiger charge is 2.27. The Morgan fingerprint density at radius 2 is 1.61 bits per heavy atom. The summed E-state index contributed by atoms with van der Waals surface area (Å²) in [7, 11) is 0. The molecule has 0 aromatic heterocycles. The monoisotopic (exact) mass is 376 g/mol. The highest BCUT2D eigenvalue weighted by Crippen LogP contribution is 2.38. The third kappa shape index (κ3) is 4.25. The first-order valence-electron chi connectivity index (χ1n) is 10.5. The summed E-state index contributed by atoms with van der Waals surface area (Å²) in [4.78, 5) is 5.06. The number of piperidine rings is 1. The molecule has 0 spiro atoms. The van der Waals surface area contributed by atoms with Crippen molar-refractivity contribution in [1.82, 2.24) is 5.32 Å². The first-order valence-corrected chi connectivity index (χ1v) is 10.5. The van der Waals surface area contributed by atoms with Crippen LogP contribution in [0.3, 0.4) is 0 Å². The maximum absolute atomic E-state index is 13.4. The highest BCUT2D eigenvalue weighted by molar-refractivity contribution is 6.08. The smallest absolute Gasteiger partial charge is 0.123 e. The summed E-state index contributed by atoms with van der Waals surface area (Å²) in [5.74, 6) is 1.02. The maximum atomic E-state index is 13.4. The minimum Gasteiger partial charge on any atom is -0.317 e. The molecular weight excluding hydrogens is 347 g/mol. The zero-order valence-corrected chi connectivity index (χ0v) is 16.8. The van der Waals surface area contributed by atoms with E-state index in [4.69, 9.17) is 4.99 Å². The van der Waals surface area contributed by atoms with Crippen molar-refractivity contribution in [2.24, 2.45) is 16.8 Å². The lowest BCUT2D eigenvalue weighted by atomic mass is 9.85. The minimum absolute atomic E-state index is 0.198. The number of nitrogens with zero attached hydrogens (tertiary/aromatic N) is 1. The van der Waals surface area contributed by atoms with Gasteiger partial charge in [-0.05, 0) is 85.2 Å². The van der Waals surface area contributed by atoms with Gasteiger partial charge in [-0.1, -0.05) is 38.1 Å². The molecule has 2 aliphatic rings. The van der Waals surface area contributed by atoms with Gasteiger partial charge in [0, 0.05) is 12.0 Å². The third-order valence-electron chi connectivity index (χ3n) is 5.79. The van der Waals surface area contributed by atoms with Crippen molar-refractivity contribution < 1.29 is 4.39 Å². The van der Waals surface area contributed by atoms with Crippen LogP contribution >= 0.6 is 0 Å². The Morgan fingerprint density at radius 1 is 0.964 bits per heavy atom. The predicted octanol–water partition coefficient (Wildman–Crippen LogP) is 5.63. The van der Waals surface area contributed by atoms with Crippen molar-refractivity contribution in [2.45, 2.75) is 39.5 Å². The molecular formula is C25H29FN2. The topological polar surface area (TPSA) is 24.4 Å². The molecule has 0 unspecified atom stereocenters. The van der Waals surface area contributed by atoms with Crippen molar-refractivity contribution >= 4 is 11.4 Å².